The van der Waals surface area contributed by atoms with E-state index in [0.717, 1.165) is 12.8 Å². The molecule has 0 bridgehead atoms. The molecule has 6 heteroatoms. The summed E-state index contributed by atoms with van der Waals surface area (Å²) in [5.74, 6) is 0.693. The molecule has 0 atom stereocenters. The van der Waals surface area contributed by atoms with Gasteiger partial charge in [0, 0.05) is 6.04 Å². The van der Waals surface area contributed by atoms with E-state index in [4.69, 9.17) is 0 Å². The van der Waals surface area contributed by atoms with Crippen molar-refractivity contribution in [3.63, 3.8) is 0 Å². The van der Waals surface area contributed by atoms with E-state index in [9.17, 15) is 4.79 Å². The Morgan fingerprint density at radius 1 is 1.15 bits per heavy atom. The molecule has 4 rings (SSSR count). The number of fused-ring (bicyclic) bond motifs is 2. The second kappa shape index (κ2) is 4.19. The molecule has 0 unspecified atom stereocenters. The van der Waals surface area contributed by atoms with E-state index < -0.39 is 0 Å². The van der Waals surface area contributed by atoms with Crippen LogP contribution in [0.4, 0.5) is 5.82 Å². The highest BCUT2D eigenvalue weighted by molar-refractivity contribution is 5.45. The van der Waals surface area contributed by atoms with Gasteiger partial charge in [-0.15, -0.1) is 5.10 Å². The van der Waals surface area contributed by atoms with E-state index in [1.807, 2.05) is 6.07 Å². The summed E-state index contributed by atoms with van der Waals surface area (Å²) < 4.78 is 1.27. The molecule has 0 saturated heterocycles. The largest absolute Gasteiger partial charge is 0.365 e. The van der Waals surface area contributed by atoms with Crippen LogP contribution in [-0.2, 0) is 12.8 Å². The number of aromatic nitrogens is 4. The smallest absolute Gasteiger partial charge is 0.364 e. The zero-order chi connectivity index (χ0) is 13.5. The zero-order valence-electron chi connectivity index (χ0n) is 10.7. The molecule has 6 nitrogen and oxygen atoms in total. The first-order chi connectivity index (χ1) is 9.79. The Balaban J connectivity index is 1.60. The fourth-order valence-electron chi connectivity index (χ4n) is 2.75. The molecule has 2 N–H and O–H groups in total. The van der Waals surface area contributed by atoms with Gasteiger partial charge in [-0.3, -0.25) is 0 Å². The third kappa shape index (κ3) is 1.77. The Bertz CT molecular complexity index is 810. The summed E-state index contributed by atoms with van der Waals surface area (Å²) in [6.07, 6.45) is 1.96. The van der Waals surface area contributed by atoms with Crippen molar-refractivity contribution >= 4 is 11.5 Å². The van der Waals surface area contributed by atoms with Crippen LogP contribution in [0.15, 0.2) is 41.2 Å². The van der Waals surface area contributed by atoms with Gasteiger partial charge in [-0.2, -0.15) is 9.61 Å². The van der Waals surface area contributed by atoms with Gasteiger partial charge in [0.25, 0.3) is 0 Å². The normalized spacial score (nSPS) is 14.6. The monoisotopic (exact) mass is 267 g/mol. The molecule has 0 amide bonds. The minimum absolute atomic E-state index is 0.319. The summed E-state index contributed by atoms with van der Waals surface area (Å²) >= 11 is 0. The molecule has 2 aromatic heterocycles. The maximum Gasteiger partial charge on any atom is 0.364 e. The molecule has 20 heavy (non-hydrogen) atoms. The third-order valence-electron chi connectivity index (χ3n) is 3.68. The molecule has 1 aliphatic rings. The molecule has 1 aliphatic carbocycles. The lowest BCUT2D eigenvalue weighted by atomic mass is 10.1. The predicted octanol–water partition coefficient (Wildman–Crippen LogP) is 0.997. The van der Waals surface area contributed by atoms with Crippen LogP contribution in [0.2, 0.25) is 0 Å². The van der Waals surface area contributed by atoms with Gasteiger partial charge in [-0.25, -0.2) is 9.89 Å². The van der Waals surface area contributed by atoms with Gasteiger partial charge in [0.2, 0.25) is 0 Å². The average molecular weight is 267 g/mol. The van der Waals surface area contributed by atoms with Crippen molar-refractivity contribution in [2.24, 2.45) is 0 Å². The quantitative estimate of drug-likeness (QED) is 0.726. The highest BCUT2D eigenvalue weighted by Crippen LogP contribution is 2.23. The molecule has 100 valence electrons. The van der Waals surface area contributed by atoms with E-state index in [1.54, 1.807) is 6.07 Å². The Morgan fingerprint density at radius 2 is 1.90 bits per heavy atom. The van der Waals surface area contributed by atoms with Crippen LogP contribution in [-0.4, -0.2) is 25.9 Å². The second-order valence-electron chi connectivity index (χ2n) is 5.04. The number of benzene rings is 1. The van der Waals surface area contributed by atoms with E-state index in [-0.39, 0.29) is 5.69 Å². The fourth-order valence-corrected chi connectivity index (χ4v) is 2.75. The Morgan fingerprint density at radius 3 is 2.65 bits per heavy atom. The lowest BCUT2D eigenvalue weighted by Crippen LogP contribution is -2.22. The van der Waals surface area contributed by atoms with Crippen LogP contribution in [0.1, 0.15) is 11.1 Å². The molecule has 2 heterocycles. The number of hydrogen-bond donors (Lipinski definition) is 2. The molecular formula is C14H13N5O. The van der Waals surface area contributed by atoms with Crippen molar-refractivity contribution in [1.82, 2.24) is 19.8 Å². The van der Waals surface area contributed by atoms with Crippen LogP contribution in [0, 0.1) is 0 Å². The van der Waals surface area contributed by atoms with Gasteiger partial charge in [0.1, 0.15) is 5.82 Å². The van der Waals surface area contributed by atoms with E-state index in [0.29, 0.717) is 17.5 Å². The van der Waals surface area contributed by atoms with Crippen LogP contribution >= 0.6 is 0 Å². The van der Waals surface area contributed by atoms with Crippen molar-refractivity contribution in [3.05, 3.63) is 58.0 Å². The lowest BCUT2D eigenvalue weighted by Gasteiger charge is -2.12. The topological polar surface area (TPSA) is 75.1 Å². The number of H-pyrrole nitrogens is 1. The first kappa shape index (κ1) is 11.2. The SMILES string of the molecule is O=c1[nH]nc2ccc(NC3Cc4ccccc4C3)nn12. The zero-order valence-corrected chi connectivity index (χ0v) is 10.7. The number of aromatic amines is 1. The summed E-state index contributed by atoms with van der Waals surface area (Å²) in [7, 11) is 0. The molecular weight excluding hydrogens is 254 g/mol. The fraction of sp³-hybridized carbons (Fsp3) is 0.214. The maximum absolute atomic E-state index is 11.5. The summed E-state index contributed by atoms with van der Waals surface area (Å²) in [6.45, 7) is 0. The maximum atomic E-state index is 11.5. The van der Waals surface area contributed by atoms with Gasteiger partial charge in [-0.05, 0) is 36.1 Å². The van der Waals surface area contributed by atoms with Crippen LogP contribution in [0.5, 0.6) is 0 Å². The third-order valence-corrected chi connectivity index (χ3v) is 3.68. The molecule has 3 aromatic rings. The number of hydrogen-bond acceptors (Lipinski definition) is 4. The standard InChI is InChI=1S/C14H13N5O/c20-14-17-16-13-6-5-12(18-19(13)14)15-11-7-9-3-1-2-4-10(9)8-11/h1-6,11H,7-8H2,(H,15,18)(H,17,20). The molecule has 0 aliphatic heterocycles. The van der Waals surface area contributed by atoms with Gasteiger partial charge >= 0.3 is 5.69 Å². The Kier molecular flexibility index (Phi) is 2.35. The van der Waals surface area contributed by atoms with Gasteiger partial charge in [0.15, 0.2) is 5.65 Å². The highest BCUT2D eigenvalue weighted by atomic mass is 16.2. The van der Waals surface area contributed by atoms with Crippen LogP contribution in [0.25, 0.3) is 5.65 Å². The Hall–Kier alpha value is -2.63. The van der Waals surface area contributed by atoms with Gasteiger partial charge in [0.05, 0.1) is 0 Å². The van der Waals surface area contributed by atoms with E-state index >= 15 is 0 Å². The minimum atomic E-state index is -0.321. The van der Waals surface area contributed by atoms with Crippen molar-refractivity contribution in [1.29, 1.82) is 0 Å². The summed E-state index contributed by atoms with van der Waals surface area (Å²) in [5.41, 5.74) is 2.96. The molecule has 1 aromatic carbocycles. The first-order valence-electron chi connectivity index (χ1n) is 6.57. The average Bonchev–Trinajstić information content (AvgIpc) is 3.02. The van der Waals surface area contributed by atoms with E-state index in [2.05, 4.69) is 44.9 Å². The minimum Gasteiger partial charge on any atom is -0.365 e. The van der Waals surface area contributed by atoms with E-state index in [1.165, 1.54) is 15.6 Å². The summed E-state index contributed by atoms with van der Waals surface area (Å²) in [6, 6.07) is 12.4. The van der Waals surface area contributed by atoms with Crippen LogP contribution < -0.4 is 11.0 Å². The molecule has 0 radical (unpaired) electrons. The van der Waals surface area contributed by atoms with Gasteiger partial charge in [-0.1, -0.05) is 24.3 Å². The lowest BCUT2D eigenvalue weighted by molar-refractivity contribution is 0.757. The second-order valence-corrected chi connectivity index (χ2v) is 5.04. The van der Waals surface area contributed by atoms with Crippen LogP contribution in [0.3, 0.4) is 0 Å². The number of anilines is 1. The molecule has 0 fully saturated rings. The predicted molar refractivity (Wildman–Crippen MR) is 74.9 cm³/mol. The van der Waals surface area contributed by atoms with Crippen molar-refractivity contribution < 1.29 is 0 Å². The van der Waals surface area contributed by atoms with Crippen molar-refractivity contribution in [3.8, 4) is 0 Å². The van der Waals surface area contributed by atoms with Crippen molar-refractivity contribution in [2.45, 2.75) is 18.9 Å². The summed E-state index contributed by atoms with van der Waals surface area (Å²) in [5, 5.41) is 13.9. The first-order valence-corrected chi connectivity index (χ1v) is 6.57. The molecule has 0 spiro atoms. The number of nitrogens with one attached hydrogen (secondary N) is 2. The molecule has 0 saturated carbocycles. The Labute approximate surface area is 114 Å². The van der Waals surface area contributed by atoms with Crippen molar-refractivity contribution in [2.75, 3.05) is 5.32 Å². The van der Waals surface area contributed by atoms with Gasteiger partial charge < -0.3 is 5.32 Å². The summed E-state index contributed by atoms with van der Waals surface area (Å²) in [4.78, 5) is 11.5. The highest BCUT2D eigenvalue weighted by Gasteiger charge is 2.21. The number of nitrogens with zero attached hydrogens (tertiary/aromatic N) is 3. The number of rotatable bonds is 2.